The first-order valence-electron chi connectivity index (χ1n) is 14.5. The zero-order valence-corrected chi connectivity index (χ0v) is 30.7. The number of hydrogen-bond donors (Lipinski definition) is 2. The summed E-state index contributed by atoms with van der Waals surface area (Å²) < 4.78 is 15.8. The molecule has 40 heavy (non-hydrogen) atoms. The van der Waals surface area contributed by atoms with Gasteiger partial charge in [-0.25, -0.2) is 15.0 Å². The van der Waals surface area contributed by atoms with Gasteiger partial charge in [0, 0.05) is 5.92 Å². The van der Waals surface area contributed by atoms with Crippen molar-refractivity contribution in [1.82, 2.24) is 19.5 Å². The summed E-state index contributed by atoms with van der Waals surface area (Å²) in [6, 6.07) is 0. The molecule has 0 bridgehead atoms. The molecule has 1 saturated heterocycles. The number of rotatable bonds is 10. The predicted octanol–water partition coefficient (Wildman–Crippen LogP) is 7.37. The third kappa shape index (κ3) is 6.77. The van der Waals surface area contributed by atoms with Gasteiger partial charge in [0.25, 0.3) is 0 Å². The van der Waals surface area contributed by atoms with Crippen LogP contribution in [0.5, 0.6) is 0 Å². The zero-order valence-electron chi connectivity index (χ0n) is 27.0. The predicted molar refractivity (Wildman–Crippen MR) is 171 cm³/mol. The number of fused-ring (bicyclic) bond motifs is 1. The van der Waals surface area contributed by atoms with Crippen LogP contribution in [0.4, 0.5) is 0 Å². The second-order valence-electron chi connectivity index (χ2n) is 15.7. The minimum Gasteiger partial charge on any atom is -0.432 e. The molecule has 8 nitrogen and oxygen atoms in total. The zero-order chi connectivity index (χ0) is 30.7. The Kier molecular flexibility index (Phi) is 9.40. The fourth-order valence-electron chi connectivity index (χ4n) is 5.03. The van der Waals surface area contributed by atoms with Gasteiger partial charge in [0.05, 0.1) is 19.0 Å². The molecule has 1 fully saturated rings. The molecule has 0 radical (unpaired) electrons. The Morgan fingerprint density at radius 1 is 0.875 bits per heavy atom. The van der Waals surface area contributed by atoms with Gasteiger partial charge < -0.3 is 18.8 Å². The van der Waals surface area contributed by atoms with Gasteiger partial charge in [0.15, 0.2) is 35.8 Å². The van der Waals surface area contributed by atoms with E-state index in [1.54, 1.807) is 6.33 Å². The maximum atomic E-state index is 11.3. The molecule has 0 aliphatic carbocycles. The molecular weight excluding hydrogens is 576 g/mol. The molecule has 0 saturated carbocycles. The van der Waals surface area contributed by atoms with Crippen molar-refractivity contribution in [2.45, 2.75) is 128 Å². The number of halogens is 1. The van der Waals surface area contributed by atoms with Crippen LogP contribution in [0.2, 0.25) is 59.5 Å². The van der Waals surface area contributed by atoms with Gasteiger partial charge in [-0.3, -0.25) is 4.57 Å². The van der Waals surface area contributed by atoms with Crippen molar-refractivity contribution in [2.75, 3.05) is 6.61 Å². The second-order valence-corrected chi connectivity index (χ2v) is 29.9. The van der Waals surface area contributed by atoms with Gasteiger partial charge in [-0.15, -0.1) is 0 Å². The van der Waals surface area contributed by atoms with Gasteiger partial charge in [0.1, 0.15) is 18.1 Å². The average molecular weight is 629 g/mol. The maximum absolute atomic E-state index is 11.3. The Balaban J connectivity index is 2.15. The number of nitrogens with zero attached hydrogens (tertiary/aromatic N) is 4. The van der Waals surface area contributed by atoms with Gasteiger partial charge in [-0.1, -0.05) is 60.1 Å². The number of imidazole rings is 1. The molecule has 0 amide bonds. The average Bonchev–Trinajstić information content (AvgIpc) is 3.32. The Hall–Kier alpha value is -0.669. The molecule has 2 aromatic heterocycles. The van der Waals surface area contributed by atoms with E-state index < -0.39 is 25.0 Å². The van der Waals surface area contributed by atoms with E-state index in [0.717, 1.165) is 12.8 Å². The topological polar surface area (TPSA) is 103 Å². The molecule has 2 aromatic rings. The highest BCUT2D eigenvalue weighted by Crippen LogP contribution is 2.56. The molecule has 228 valence electrons. The lowest BCUT2D eigenvalue weighted by molar-refractivity contribution is -0.0353. The SMILES string of the molecule is CC(C)(C[C@@H]1[C@@H](CO[Si](C)(C)C(C)(C)C)OC(n2cnc3c(Cl)ncnc32)[C@@H]1CC(C)(C)[Si](C)(C)O)[Si](C)(C)O. The highest BCUT2D eigenvalue weighted by atomic mass is 35.5. The lowest BCUT2D eigenvalue weighted by Crippen LogP contribution is -2.46. The summed E-state index contributed by atoms with van der Waals surface area (Å²) in [6.45, 7) is 28.6. The van der Waals surface area contributed by atoms with Crippen LogP contribution < -0.4 is 0 Å². The summed E-state index contributed by atoms with van der Waals surface area (Å²) in [6.07, 6.45) is 4.20. The first-order valence-corrected chi connectivity index (χ1v) is 23.6. The van der Waals surface area contributed by atoms with Gasteiger partial charge in [-0.05, 0) is 73.2 Å². The Morgan fingerprint density at radius 2 is 1.40 bits per heavy atom. The fourth-order valence-corrected chi connectivity index (χ4v) is 7.69. The summed E-state index contributed by atoms with van der Waals surface area (Å²) >= 11 is 6.38. The molecule has 1 unspecified atom stereocenters. The molecule has 1 aliphatic rings. The Bertz CT molecular complexity index is 1180. The highest BCUT2D eigenvalue weighted by molar-refractivity contribution is 6.74. The first-order chi connectivity index (χ1) is 17.9. The van der Waals surface area contributed by atoms with Crippen molar-refractivity contribution in [3.8, 4) is 0 Å². The monoisotopic (exact) mass is 628 g/mol. The van der Waals surface area contributed by atoms with E-state index in [0.29, 0.717) is 22.9 Å². The van der Waals surface area contributed by atoms with Crippen molar-refractivity contribution in [3.05, 3.63) is 17.8 Å². The minimum absolute atomic E-state index is 0.0312. The quantitative estimate of drug-likeness (QED) is 0.209. The van der Waals surface area contributed by atoms with Crippen molar-refractivity contribution in [1.29, 1.82) is 0 Å². The van der Waals surface area contributed by atoms with Crippen LogP contribution in [0.25, 0.3) is 11.2 Å². The van der Waals surface area contributed by atoms with Gasteiger partial charge in [-0.2, -0.15) is 0 Å². The fraction of sp³-hybridized carbons (Fsp3) is 0.821. The lowest BCUT2D eigenvalue weighted by atomic mass is 9.78. The van der Waals surface area contributed by atoms with Crippen LogP contribution in [-0.4, -0.2) is 66.8 Å². The maximum Gasteiger partial charge on any atom is 0.192 e. The third-order valence-corrected chi connectivity index (χ3v) is 22.3. The molecule has 3 heterocycles. The third-order valence-electron chi connectivity index (χ3n) is 10.5. The summed E-state index contributed by atoms with van der Waals surface area (Å²) in [7, 11) is -7.11. The van der Waals surface area contributed by atoms with Crippen LogP contribution in [0.3, 0.4) is 0 Å². The van der Waals surface area contributed by atoms with Crippen LogP contribution in [-0.2, 0) is 9.16 Å². The lowest BCUT2D eigenvalue weighted by Gasteiger charge is -2.43. The number of ether oxygens (including phenoxy) is 1. The molecule has 3 rings (SSSR count). The minimum atomic E-state index is -2.54. The molecule has 1 aliphatic heterocycles. The van der Waals surface area contributed by atoms with Crippen molar-refractivity contribution >= 4 is 47.7 Å². The summed E-state index contributed by atoms with van der Waals surface area (Å²) in [4.78, 5) is 35.9. The Morgan fingerprint density at radius 3 is 1.90 bits per heavy atom. The van der Waals surface area contributed by atoms with Gasteiger partial charge >= 0.3 is 0 Å². The van der Waals surface area contributed by atoms with Crippen LogP contribution in [0, 0.1) is 11.8 Å². The largest absolute Gasteiger partial charge is 0.432 e. The summed E-state index contributed by atoms with van der Waals surface area (Å²) in [5.74, 6) is 0.123. The second kappa shape index (κ2) is 11.1. The van der Waals surface area contributed by atoms with E-state index in [-0.39, 0.29) is 39.3 Å². The summed E-state index contributed by atoms with van der Waals surface area (Å²) in [5, 5.41) is -0.165. The van der Waals surface area contributed by atoms with E-state index in [2.05, 4.69) is 76.5 Å². The van der Waals surface area contributed by atoms with E-state index >= 15 is 0 Å². The van der Waals surface area contributed by atoms with E-state index in [1.807, 2.05) is 30.8 Å². The number of aromatic nitrogens is 4. The Labute approximate surface area is 249 Å². The summed E-state index contributed by atoms with van der Waals surface area (Å²) in [5.41, 5.74) is 1.18. The molecule has 12 heteroatoms. The molecule has 0 aromatic carbocycles. The normalized spacial score (nSPS) is 23.8. The smallest absolute Gasteiger partial charge is 0.192 e. The van der Waals surface area contributed by atoms with Crippen LogP contribution in [0.15, 0.2) is 12.7 Å². The number of hydrogen-bond acceptors (Lipinski definition) is 7. The molecule has 0 spiro atoms. The highest BCUT2D eigenvalue weighted by Gasteiger charge is 2.54. The molecular formula is C28H53ClN4O4Si3. The van der Waals surface area contributed by atoms with Gasteiger partial charge in [0.2, 0.25) is 0 Å². The van der Waals surface area contributed by atoms with Crippen LogP contribution >= 0.6 is 11.6 Å². The standard InChI is InChI=1S/C28H53ClN4O4Si3/c1-26(2,3)40(12,13)36-16-21-19(14-27(4,5)38(8,9)34)20(15-28(6,7)39(10,11)35)25(37-21)33-18-32-22-23(29)30-17-31-24(22)33/h17-21,25,34-35H,14-16H2,1-13H3/t19-,20+,21+,25?/m0/s1. The van der Waals surface area contributed by atoms with E-state index in [1.165, 1.54) is 6.33 Å². The van der Waals surface area contributed by atoms with Crippen molar-refractivity contribution < 1.29 is 18.8 Å². The first kappa shape index (κ1) is 33.8. The van der Waals surface area contributed by atoms with E-state index in [4.69, 9.17) is 20.8 Å². The molecule has 2 N–H and O–H groups in total. The van der Waals surface area contributed by atoms with Crippen molar-refractivity contribution in [2.24, 2.45) is 11.8 Å². The van der Waals surface area contributed by atoms with Crippen molar-refractivity contribution in [3.63, 3.8) is 0 Å². The van der Waals surface area contributed by atoms with E-state index in [9.17, 15) is 9.59 Å². The van der Waals surface area contributed by atoms with Crippen LogP contribution in [0.1, 0.15) is 67.5 Å². The molecule has 4 atom stereocenters.